The number of halogens is 1. The van der Waals surface area contributed by atoms with Crippen LogP contribution in [0, 0.1) is 6.92 Å². The van der Waals surface area contributed by atoms with Crippen molar-refractivity contribution in [2.45, 2.75) is 38.6 Å². The van der Waals surface area contributed by atoms with Crippen LogP contribution in [0.1, 0.15) is 43.0 Å². The first-order valence-electron chi connectivity index (χ1n) is 8.76. The molecular weight excluding hydrogens is 336 g/mol. The van der Waals surface area contributed by atoms with Gasteiger partial charge in [0.1, 0.15) is 11.6 Å². The van der Waals surface area contributed by atoms with Crippen LogP contribution in [0.15, 0.2) is 24.3 Å². The minimum atomic E-state index is 0.190. The summed E-state index contributed by atoms with van der Waals surface area (Å²) in [7, 11) is 3.56. The zero-order valence-corrected chi connectivity index (χ0v) is 15.8. The third-order valence-electron chi connectivity index (χ3n) is 4.66. The molecule has 5 nitrogen and oxygen atoms in total. The summed E-state index contributed by atoms with van der Waals surface area (Å²) < 4.78 is 5.62. The molecule has 1 N–H and O–H groups in total. The highest BCUT2D eigenvalue weighted by Gasteiger charge is 2.27. The van der Waals surface area contributed by atoms with Gasteiger partial charge in [0.15, 0.2) is 0 Å². The molecule has 1 aromatic heterocycles. The number of methoxy groups -OCH3 is 1. The van der Waals surface area contributed by atoms with E-state index in [1.807, 2.05) is 32.2 Å². The lowest BCUT2D eigenvalue weighted by atomic mass is 9.99. The first kappa shape index (κ1) is 17.8. The monoisotopic (exact) mass is 360 g/mol. The molecule has 134 valence electrons. The Bertz CT molecular complexity index is 737. The van der Waals surface area contributed by atoms with Gasteiger partial charge >= 0.3 is 0 Å². The van der Waals surface area contributed by atoms with Crippen LogP contribution in [0.5, 0.6) is 5.75 Å². The minimum Gasteiger partial charge on any atom is -0.496 e. The summed E-state index contributed by atoms with van der Waals surface area (Å²) in [6.07, 6.45) is 4.60. The maximum absolute atomic E-state index is 6.29. The highest BCUT2D eigenvalue weighted by Crippen LogP contribution is 2.39. The van der Waals surface area contributed by atoms with Crippen LogP contribution >= 0.6 is 11.6 Å². The summed E-state index contributed by atoms with van der Waals surface area (Å²) in [4.78, 5) is 11.5. The highest BCUT2D eigenvalue weighted by molar-refractivity contribution is 6.30. The summed E-state index contributed by atoms with van der Waals surface area (Å²) in [5.74, 6) is 2.47. The molecule has 0 radical (unpaired) electrons. The van der Waals surface area contributed by atoms with Crippen molar-refractivity contribution in [2.24, 2.45) is 0 Å². The lowest BCUT2D eigenvalue weighted by Gasteiger charge is -2.32. The van der Waals surface area contributed by atoms with Crippen molar-refractivity contribution >= 4 is 23.4 Å². The molecule has 0 spiro atoms. The van der Waals surface area contributed by atoms with Gasteiger partial charge in [0.05, 0.1) is 13.2 Å². The summed E-state index contributed by atoms with van der Waals surface area (Å²) >= 11 is 6.29. The number of rotatable bonds is 4. The van der Waals surface area contributed by atoms with Crippen LogP contribution in [0.3, 0.4) is 0 Å². The zero-order chi connectivity index (χ0) is 17.8. The quantitative estimate of drug-likeness (QED) is 0.862. The zero-order valence-electron chi connectivity index (χ0n) is 15.1. The Morgan fingerprint density at radius 1 is 1.20 bits per heavy atom. The summed E-state index contributed by atoms with van der Waals surface area (Å²) in [6, 6.07) is 8.09. The maximum Gasteiger partial charge on any atom is 0.224 e. The normalized spacial score (nSPS) is 17.9. The van der Waals surface area contributed by atoms with E-state index in [-0.39, 0.29) is 6.04 Å². The first-order chi connectivity index (χ1) is 12.1. The van der Waals surface area contributed by atoms with Gasteiger partial charge in [-0.25, -0.2) is 4.98 Å². The van der Waals surface area contributed by atoms with Crippen LogP contribution in [-0.2, 0) is 0 Å². The second-order valence-electron chi connectivity index (χ2n) is 6.39. The maximum atomic E-state index is 6.29. The van der Waals surface area contributed by atoms with Crippen molar-refractivity contribution < 1.29 is 4.74 Å². The van der Waals surface area contributed by atoms with E-state index in [1.54, 1.807) is 7.11 Å². The van der Waals surface area contributed by atoms with Crippen molar-refractivity contribution in [3.8, 4) is 5.75 Å². The van der Waals surface area contributed by atoms with Gasteiger partial charge in [0, 0.05) is 35.9 Å². The number of aromatic nitrogens is 2. The molecule has 2 aromatic rings. The Balaban J connectivity index is 2.06. The molecule has 2 heterocycles. The fraction of sp³-hybridized carbons (Fsp3) is 0.474. The third kappa shape index (κ3) is 3.98. The van der Waals surface area contributed by atoms with Crippen molar-refractivity contribution in [3.05, 3.63) is 40.5 Å². The molecule has 1 fully saturated rings. The smallest absolute Gasteiger partial charge is 0.224 e. The lowest BCUT2D eigenvalue weighted by molar-refractivity contribution is 0.402. The predicted octanol–water partition coefficient (Wildman–Crippen LogP) is 4.61. The molecule has 1 saturated heterocycles. The molecule has 0 amide bonds. The van der Waals surface area contributed by atoms with E-state index in [1.165, 1.54) is 12.8 Å². The molecule has 1 unspecified atom stereocenters. The number of hydrogen-bond donors (Lipinski definition) is 1. The van der Waals surface area contributed by atoms with Crippen LogP contribution < -0.4 is 15.0 Å². The topological polar surface area (TPSA) is 50.3 Å². The van der Waals surface area contributed by atoms with Gasteiger partial charge in [-0.05, 0) is 38.0 Å². The van der Waals surface area contributed by atoms with Gasteiger partial charge in [-0.2, -0.15) is 4.98 Å². The standard InChI is InChI=1S/C19H25ClN4O/c1-13-11-18(23-19(21-2)22-13)24-10-6-4-5-7-16(24)15-12-14(20)8-9-17(15)25-3/h8-9,11-12,16H,4-7,10H2,1-3H3,(H,21,22,23). The second kappa shape index (κ2) is 7.91. The predicted molar refractivity (Wildman–Crippen MR) is 103 cm³/mol. The molecule has 1 aliphatic rings. The van der Waals surface area contributed by atoms with E-state index in [4.69, 9.17) is 21.3 Å². The van der Waals surface area contributed by atoms with Crippen molar-refractivity contribution in [1.82, 2.24) is 9.97 Å². The first-order valence-corrected chi connectivity index (χ1v) is 9.13. The van der Waals surface area contributed by atoms with E-state index in [2.05, 4.69) is 21.3 Å². The molecule has 0 saturated carbocycles. The molecule has 1 atom stereocenters. The van der Waals surface area contributed by atoms with Crippen LogP contribution in [0.4, 0.5) is 11.8 Å². The molecular formula is C19H25ClN4O. The Morgan fingerprint density at radius 2 is 2.04 bits per heavy atom. The fourth-order valence-electron chi connectivity index (χ4n) is 3.48. The van der Waals surface area contributed by atoms with E-state index in [0.717, 1.165) is 47.2 Å². The van der Waals surface area contributed by atoms with E-state index < -0.39 is 0 Å². The third-order valence-corrected chi connectivity index (χ3v) is 4.90. The number of aryl methyl sites for hydroxylation is 1. The second-order valence-corrected chi connectivity index (χ2v) is 6.82. The number of anilines is 2. The number of ether oxygens (including phenoxy) is 1. The fourth-order valence-corrected chi connectivity index (χ4v) is 3.66. The lowest BCUT2D eigenvalue weighted by Crippen LogP contribution is -2.30. The van der Waals surface area contributed by atoms with E-state index in [9.17, 15) is 0 Å². The van der Waals surface area contributed by atoms with Crippen molar-refractivity contribution in [3.63, 3.8) is 0 Å². The average Bonchev–Trinajstić information content (AvgIpc) is 2.87. The molecule has 0 aliphatic carbocycles. The minimum absolute atomic E-state index is 0.190. The largest absolute Gasteiger partial charge is 0.496 e. The molecule has 3 rings (SSSR count). The van der Waals surface area contributed by atoms with Crippen LogP contribution in [-0.4, -0.2) is 30.7 Å². The van der Waals surface area contributed by atoms with Crippen molar-refractivity contribution in [2.75, 3.05) is 30.9 Å². The average molecular weight is 361 g/mol. The van der Waals surface area contributed by atoms with Gasteiger partial charge in [-0.15, -0.1) is 0 Å². The summed E-state index contributed by atoms with van der Waals surface area (Å²) in [5.41, 5.74) is 2.08. The van der Waals surface area contributed by atoms with Crippen LogP contribution in [0.25, 0.3) is 0 Å². The van der Waals surface area contributed by atoms with E-state index >= 15 is 0 Å². The number of nitrogens with zero attached hydrogens (tertiary/aromatic N) is 3. The van der Waals surface area contributed by atoms with Crippen LogP contribution in [0.2, 0.25) is 5.02 Å². The van der Waals surface area contributed by atoms with Gasteiger partial charge in [0.2, 0.25) is 5.95 Å². The highest BCUT2D eigenvalue weighted by atomic mass is 35.5. The summed E-state index contributed by atoms with van der Waals surface area (Å²) in [6.45, 7) is 2.96. The molecule has 1 aromatic carbocycles. The van der Waals surface area contributed by atoms with Crippen molar-refractivity contribution in [1.29, 1.82) is 0 Å². The number of hydrogen-bond acceptors (Lipinski definition) is 5. The van der Waals surface area contributed by atoms with Gasteiger partial charge in [-0.3, -0.25) is 0 Å². The van der Waals surface area contributed by atoms with Gasteiger partial charge < -0.3 is 15.0 Å². The number of nitrogens with one attached hydrogen (secondary N) is 1. The molecule has 1 aliphatic heterocycles. The molecule has 25 heavy (non-hydrogen) atoms. The Labute approximate surface area is 154 Å². The molecule has 0 bridgehead atoms. The number of benzene rings is 1. The summed E-state index contributed by atoms with van der Waals surface area (Å²) in [5, 5.41) is 3.79. The van der Waals surface area contributed by atoms with E-state index in [0.29, 0.717) is 5.95 Å². The van der Waals surface area contributed by atoms with Gasteiger partial charge in [0.25, 0.3) is 0 Å². The Kier molecular flexibility index (Phi) is 5.63. The molecule has 6 heteroatoms. The Hall–Kier alpha value is -2.01. The van der Waals surface area contributed by atoms with Gasteiger partial charge in [-0.1, -0.05) is 24.4 Å². The SMILES string of the molecule is CNc1nc(C)cc(N2CCCCCC2c2cc(Cl)ccc2OC)n1. The Morgan fingerprint density at radius 3 is 2.80 bits per heavy atom.